The molecule has 0 radical (unpaired) electrons. The summed E-state index contributed by atoms with van der Waals surface area (Å²) in [5.74, 6) is 0.155. The maximum atomic E-state index is 12.7. The van der Waals surface area contributed by atoms with Crippen LogP contribution in [-0.4, -0.2) is 10.9 Å². The summed E-state index contributed by atoms with van der Waals surface area (Å²) in [6.07, 6.45) is 4.98. The van der Waals surface area contributed by atoms with Crippen LogP contribution in [0.1, 0.15) is 21.7 Å². The number of pyridine rings is 1. The van der Waals surface area contributed by atoms with Gasteiger partial charge in [0.25, 0.3) is 5.91 Å². The second-order valence-corrected chi connectivity index (χ2v) is 5.07. The van der Waals surface area contributed by atoms with Crippen LogP contribution in [0.5, 0.6) is 0 Å². The van der Waals surface area contributed by atoms with Gasteiger partial charge >= 0.3 is 0 Å². The zero-order valence-corrected chi connectivity index (χ0v) is 12.3. The van der Waals surface area contributed by atoms with E-state index in [1.807, 2.05) is 43.3 Å². The van der Waals surface area contributed by atoms with Gasteiger partial charge in [-0.15, -0.1) is 0 Å². The Labute approximate surface area is 129 Å². The van der Waals surface area contributed by atoms with Gasteiger partial charge in [-0.25, -0.2) is 0 Å². The maximum Gasteiger partial charge on any atom is 0.294 e. The van der Waals surface area contributed by atoms with Gasteiger partial charge in [-0.3, -0.25) is 9.78 Å². The summed E-state index contributed by atoms with van der Waals surface area (Å²) in [5, 5.41) is 0. The molecule has 0 unspecified atom stereocenters. The van der Waals surface area contributed by atoms with Gasteiger partial charge in [-0.1, -0.05) is 23.8 Å². The zero-order chi connectivity index (χ0) is 15.4. The van der Waals surface area contributed by atoms with Crippen LogP contribution in [0.25, 0.3) is 0 Å². The summed E-state index contributed by atoms with van der Waals surface area (Å²) < 4.78 is 5.25. The minimum Gasteiger partial charge on any atom is -0.459 e. The molecular weight excluding hydrogens is 276 g/mol. The van der Waals surface area contributed by atoms with Gasteiger partial charge in [0.1, 0.15) is 0 Å². The molecule has 0 saturated heterocycles. The van der Waals surface area contributed by atoms with Crippen molar-refractivity contribution in [2.45, 2.75) is 13.5 Å². The number of hydrogen-bond donors (Lipinski definition) is 0. The van der Waals surface area contributed by atoms with E-state index < -0.39 is 0 Å². The molecule has 0 N–H and O–H groups in total. The molecule has 0 spiro atoms. The minimum atomic E-state index is -0.169. The highest BCUT2D eigenvalue weighted by atomic mass is 16.3. The third-order valence-electron chi connectivity index (χ3n) is 3.39. The van der Waals surface area contributed by atoms with E-state index >= 15 is 0 Å². The largest absolute Gasteiger partial charge is 0.459 e. The Morgan fingerprint density at radius 3 is 2.59 bits per heavy atom. The molecule has 0 atom stereocenters. The predicted octanol–water partition coefficient (Wildman–Crippen LogP) is 3.83. The highest BCUT2D eigenvalue weighted by Crippen LogP contribution is 2.21. The van der Waals surface area contributed by atoms with Crippen molar-refractivity contribution in [3.05, 3.63) is 84.1 Å². The number of carbonyl (C=O) groups is 1. The first-order valence-electron chi connectivity index (χ1n) is 7.05. The molecule has 3 rings (SSSR count). The summed E-state index contributed by atoms with van der Waals surface area (Å²) in [4.78, 5) is 18.5. The molecule has 0 aliphatic rings. The quantitative estimate of drug-likeness (QED) is 0.734. The first kappa shape index (κ1) is 14.1. The van der Waals surface area contributed by atoms with Gasteiger partial charge in [0, 0.05) is 18.1 Å². The lowest BCUT2D eigenvalue weighted by Gasteiger charge is -2.22. The summed E-state index contributed by atoms with van der Waals surface area (Å²) >= 11 is 0. The Bertz CT molecular complexity index is 735. The molecule has 0 aliphatic carbocycles. The second kappa shape index (κ2) is 6.26. The Morgan fingerprint density at radius 2 is 1.95 bits per heavy atom. The number of anilines is 1. The van der Waals surface area contributed by atoms with E-state index in [1.54, 1.807) is 29.4 Å². The number of benzene rings is 1. The predicted molar refractivity (Wildman–Crippen MR) is 84.6 cm³/mol. The molecule has 0 fully saturated rings. The lowest BCUT2D eigenvalue weighted by atomic mass is 10.2. The maximum absolute atomic E-state index is 12.7. The van der Waals surface area contributed by atoms with E-state index in [0.717, 1.165) is 16.8 Å². The third kappa shape index (κ3) is 3.06. The van der Waals surface area contributed by atoms with Crippen LogP contribution in [0.3, 0.4) is 0 Å². The number of rotatable bonds is 4. The van der Waals surface area contributed by atoms with E-state index in [-0.39, 0.29) is 5.91 Å². The van der Waals surface area contributed by atoms with Gasteiger partial charge in [0.05, 0.1) is 12.8 Å². The van der Waals surface area contributed by atoms with Crippen LogP contribution in [0.4, 0.5) is 5.69 Å². The van der Waals surface area contributed by atoms with Crippen LogP contribution in [0, 0.1) is 6.92 Å². The van der Waals surface area contributed by atoms with Crippen molar-refractivity contribution in [1.82, 2.24) is 4.98 Å². The molecule has 22 heavy (non-hydrogen) atoms. The molecule has 1 aromatic carbocycles. The van der Waals surface area contributed by atoms with Gasteiger partial charge in [-0.05, 0) is 42.8 Å². The lowest BCUT2D eigenvalue weighted by Crippen LogP contribution is -2.30. The van der Waals surface area contributed by atoms with Crippen molar-refractivity contribution < 1.29 is 9.21 Å². The number of aromatic nitrogens is 1. The first-order valence-corrected chi connectivity index (χ1v) is 7.05. The summed E-state index contributed by atoms with van der Waals surface area (Å²) in [7, 11) is 0. The lowest BCUT2D eigenvalue weighted by molar-refractivity contribution is 0.0958. The summed E-state index contributed by atoms with van der Waals surface area (Å²) in [6, 6.07) is 15.0. The first-order chi connectivity index (χ1) is 10.7. The number of amides is 1. The van der Waals surface area contributed by atoms with Crippen LogP contribution in [-0.2, 0) is 6.54 Å². The van der Waals surface area contributed by atoms with Gasteiger partial charge in [0.15, 0.2) is 5.76 Å². The Balaban J connectivity index is 1.94. The average molecular weight is 292 g/mol. The van der Waals surface area contributed by atoms with E-state index in [0.29, 0.717) is 12.3 Å². The highest BCUT2D eigenvalue weighted by molar-refractivity contribution is 6.04. The molecule has 110 valence electrons. The number of carbonyl (C=O) groups excluding carboxylic acids is 1. The van der Waals surface area contributed by atoms with Gasteiger partial charge < -0.3 is 9.32 Å². The van der Waals surface area contributed by atoms with Crippen LogP contribution >= 0.6 is 0 Å². The molecular formula is C18H16N2O2. The van der Waals surface area contributed by atoms with Crippen molar-refractivity contribution in [2.24, 2.45) is 0 Å². The standard InChI is InChI=1S/C18H16N2O2/c1-14-6-8-16(9-7-14)20(13-15-4-2-10-19-12-15)18(21)17-5-3-11-22-17/h2-12H,13H2,1H3. The molecule has 0 saturated carbocycles. The normalized spacial score (nSPS) is 10.4. The SMILES string of the molecule is Cc1ccc(N(Cc2cccnc2)C(=O)c2ccco2)cc1. The van der Waals surface area contributed by atoms with Crippen molar-refractivity contribution >= 4 is 11.6 Å². The summed E-state index contributed by atoms with van der Waals surface area (Å²) in [5.41, 5.74) is 2.94. The molecule has 4 nitrogen and oxygen atoms in total. The fourth-order valence-electron chi connectivity index (χ4n) is 2.21. The zero-order valence-electron chi connectivity index (χ0n) is 12.3. The Kier molecular flexibility index (Phi) is 4.01. The van der Waals surface area contributed by atoms with E-state index in [2.05, 4.69) is 4.98 Å². The van der Waals surface area contributed by atoms with Crippen molar-refractivity contribution in [1.29, 1.82) is 0 Å². The average Bonchev–Trinajstić information content (AvgIpc) is 3.08. The Morgan fingerprint density at radius 1 is 1.14 bits per heavy atom. The van der Waals surface area contributed by atoms with Crippen LogP contribution in [0.2, 0.25) is 0 Å². The molecule has 0 bridgehead atoms. The number of aryl methyl sites for hydroxylation is 1. The van der Waals surface area contributed by atoms with Crippen molar-refractivity contribution in [3.63, 3.8) is 0 Å². The fourth-order valence-corrected chi connectivity index (χ4v) is 2.21. The smallest absolute Gasteiger partial charge is 0.294 e. The fraction of sp³-hybridized carbons (Fsp3) is 0.111. The Hall–Kier alpha value is -2.88. The van der Waals surface area contributed by atoms with E-state index in [1.165, 1.54) is 6.26 Å². The monoisotopic (exact) mass is 292 g/mol. The minimum absolute atomic E-state index is 0.169. The highest BCUT2D eigenvalue weighted by Gasteiger charge is 2.20. The number of hydrogen-bond acceptors (Lipinski definition) is 3. The van der Waals surface area contributed by atoms with Crippen molar-refractivity contribution in [2.75, 3.05) is 4.90 Å². The van der Waals surface area contributed by atoms with Crippen LogP contribution in [0.15, 0.2) is 71.6 Å². The topological polar surface area (TPSA) is 46.3 Å². The number of nitrogens with zero attached hydrogens (tertiary/aromatic N) is 2. The van der Waals surface area contributed by atoms with Crippen LogP contribution < -0.4 is 4.90 Å². The number of furan rings is 1. The third-order valence-corrected chi connectivity index (χ3v) is 3.39. The second-order valence-electron chi connectivity index (χ2n) is 5.07. The molecule has 3 aromatic rings. The van der Waals surface area contributed by atoms with Gasteiger partial charge in [-0.2, -0.15) is 0 Å². The molecule has 2 heterocycles. The van der Waals surface area contributed by atoms with Gasteiger partial charge in [0.2, 0.25) is 0 Å². The van der Waals surface area contributed by atoms with Crippen molar-refractivity contribution in [3.8, 4) is 0 Å². The summed E-state index contributed by atoms with van der Waals surface area (Å²) in [6.45, 7) is 2.46. The van der Waals surface area contributed by atoms with E-state index in [4.69, 9.17) is 4.42 Å². The molecule has 2 aromatic heterocycles. The molecule has 0 aliphatic heterocycles. The van der Waals surface area contributed by atoms with E-state index in [9.17, 15) is 4.79 Å². The molecule has 4 heteroatoms. The molecule has 1 amide bonds.